The van der Waals surface area contributed by atoms with E-state index in [4.69, 9.17) is 10.00 Å². The summed E-state index contributed by atoms with van der Waals surface area (Å²) in [5.41, 5.74) is -2.68. The maximum Gasteiger partial charge on any atom is 0.417 e. The summed E-state index contributed by atoms with van der Waals surface area (Å²) in [6.07, 6.45) is -3.22. The van der Waals surface area contributed by atoms with Crippen LogP contribution in [0.4, 0.5) is 18.9 Å². The molecule has 26 heavy (non-hydrogen) atoms. The SMILES string of the molecule is C[C@]12CC[C@](C)(O1)[C@H]1CN(c3ccc(C#N)c(C(F)(F)F)c3)S(O)(O)[C@H]12. The average molecular weight is 388 g/mol. The van der Waals surface area contributed by atoms with Crippen LogP contribution in [-0.4, -0.2) is 32.1 Å². The van der Waals surface area contributed by atoms with Crippen LogP contribution in [0.25, 0.3) is 0 Å². The minimum atomic E-state index is -4.69. The second-order valence-corrected chi connectivity index (χ2v) is 9.79. The molecular weight excluding hydrogens is 369 g/mol. The Morgan fingerprint density at radius 1 is 1.27 bits per heavy atom. The van der Waals surface area contributed by atoms with Crippen LogP contribution in [0, 0.1) is 17.2 Å². The first kappa shape index (κ1) is 17.9. The number of ether oxygens (including phenoxy) is 1. The molecule has 0 aliphatic carbocycles. The highest BCUT2D eigenvalue weighted by molar-refractivity contribution is 8.26. The zero-order valence-electron chi connectivity index (χ0n) is 14.2. The van der Waals surface area contributed by atoms with Crippen molar-refractivity contribution in [2.75, 3.05) is 10.8 Å². The number of halogens is 3. The molecule has 3 aliphatic heterocycles. The summed E-state index contributed by atoms with van der Waals surface area (Å²) in [7, 11) is -3.37. The molecule has 1 aromatic rings. The molecule has 0 unspecified atom stereocenters. The molecule has 142 valence electrons. The molecule has 0 spiro atoms. The highest BCUT2D eigenvalue weighted by Crippen LogP contribution is 2.71. The molecule has 1 aromatic carbocycles. The van der Waals surface area contributed by atoms with Gasteiger partial charge in [0.25, 0.3) is 0 Å². The molecule has 0 aromatic heterocycles. The van der Waals surface area contributed by atoms with E-state index in [1.54, 1.807) is 0 Å². The lowest BCUT2D eigenvalue weighted by Crippen LogP contribution is -2.42. The first-order valence-electron chi connectivity index (χ1n) is 8.29. The van der Waals surface area contributed by atoms with Gasteiger partial charge in [0.15, 0.2) is 0 Å². The Kier molecular flexibility index (Phi) is 3.50. The highest BCUT2D eigenvalue weighted by atomic mass is 32.3. The molecule has 3 fully saturated rings. The summed E-state index contributed by atoms with van der Waals surface area (Å²) in [6.45, 7) is 3.99. The van der Waals surface area contributed by atoms with Gasteiger partial charge in [-0.3, -0.25) is 13.4 Å². The number of anilines is 1. The molecule has 0 amide bonds. The predicted octanol–water partition coefficient (Wildman–Crippen LogP) is 4.39. The molecule has 2 N–H and O–H groups in total. The van der Waals surface area contributed by atoms with Gasteiger partial charge in [0, 0.05) is 12.5 Å². The zero-order chi connectivity index (χ0) is 19.1. The number of nitrogens with zero attached hydrogens (tertiary/aromatic N) is 2. The van der Waals surface area contributed by atoms with E-state index >= 15 is 0 Å². The molecular formula is C17H19F3N2O3S. The lowest BCUT2D eigenvalue weighted by Gasteiger charge is -2.46. The average Bonchev–Trinajstić information content (AvgIpc) is 3.09. The Morgan fingerprint density at radius 2 is 1.92 bits per heavy atom. The lowest BCUT2D eigenvalue weighted by atomic mass is 9.75. The quantitative estimate of drug-likeness (QED) is 0.746. The zero-order valence-corrected chi connectivity index (χ0v) is 15.1. The van der Waals surface area contributed by atoms with Gasteiger partial charge in [0.05, 0.1) is 34.1 Å². The minimum absolute atomic E-state index is 0.0670. The van der Waals surface area contributed by atoms with Crippen LogP contribution in [0.15, 0.2) is 18.2 Å². The summed E-state index contributed by atoms with van der Waals surface area (Å²) in [5.74, 6) is -0.170. The minimum Gasteiger partial charge on any atom is -0.367 e. The standard InChI is InChI=1S/C17H19F3N2O3S/c1-15-5-6-16(2,25-15)14-13(15)9-22(26(14,23)24)11-4-3-10(8-21)12(7-11)17(18,19)20/h3-4,7,13-14,23-24H,5-6,9H2,1-2H3/t13-,14+,15-,16+/m0/s1. The van der Waals surface area contributed by atoms with E-state index in [-0.39, 0.29) is 18.2 Å². The Labute approximate surface area is 150 Å². The summed E-state index contributed by atoms with van der Waals surface area (Å²) >= 11 is 0. The number of benzene rings is 1. The van der Waals surface area contributed by atoms with Crippen LogP contribution in [-0.2, 0) is 10.9 Å². The van der Waals surface area contributed by atoms with E-state index in [2.05, 4.69) is 0 Å². The van der Waals surface area contributed by atoms with Gasteiger partial charge in [0.1, 0.15) is 5.25 Å². The maximum absolute atomic E-state index is 13.3. The van der Waals surface area contributed by atoms with E-state index < -0.39 is 44.5 Å². The van der Waals surface area contributed by atoms with Gasteiger partial charge < -0.3 is 4.74 Å². The number of nitriles is 1. The number of rotatable bonds is 1. The third kappa shape index (κ3) is 2.22. The van der Waals surface area contributed by atoms with Crippen LogP contribution in [0.1, 0.15) is 37.8 Å². The monoisotopic (exact) mass is 388 g/mol. The van der Waals surface area contributed by atoms with E-state index in [1.165, 1.54) is 16.4 Å². The third-order valence-electron chi connectivity index (χ3n) is 6.08. The maximum atomic E-state index is 13.3. The van der Waals surface area contributed by atoms with Gasteiger partial charge in [-0.25, -0.2) is 0 Å². The van der Waals surface area contributed by atoms with Gasteiger partial charge >= 0.3 is 6.18 Å². The van der Waals surface area contributed by atoms with Crippen molar-refractivity contribution in [1.29, 1.82) is 5.26 Å². The van der Waals surface area contributed by atoms with Crippen molar-refractivity contribution in [3.63, 3.8) is 0 Å². The summed E-state index contributed by atoms with van der Waals surface area (Å²) < 4.78 is 69.1. The van der Waals surface area contributed by atoms with Crippen LogP contribution in [0.5, 0.6) is 0 Å². The van der Waals surface area contributed by atoms with Crippen molar-refractivity contribution in [3.05, 3.63) is 29.3 Å². The number of hydrogen-bond donors (Lipinski definition) is 2. The largest absolute Gasteiger partial charge is 0.417 e. The second kappa shape index (κ2) is 5.07. The van der Waals surface area contributed by atoms with Crippen LogP contribution in [0.2, 0.25) is 0 Å². The first-order valence-corrected chi connectivity index (χ1v) is 9.85. The lowest BCUT2D eigenvalue weighted by molar-refractivity contribution is -0.137. The molecule has 3 aliphatic rings. The predicted molar refractivity (Wildman–Crippen MR) is 90.8 cm³/mol. The smallest absolute Gasteiger partial charge is 0.367 e. The molecule has 0 saturated carbocycles. The normalized spacial score (nSPS) is 38.9. The number of fused-ring (bicyclic) bond motifs is 5. The Bertz CT molecular complexity index is 824. The van der Waals surface area contributed by atoms with Crippen molar-refractivity contribution in [2.24, 2.45) is 5.92 Å². The van der Waals surface area contributed by atoms with Crippen LogP contribution < -0.4 is 4.31 Å². The summed E-state index contributed by atoms with van der Waals surface area (Å²) in [4.78, 5) is 0. The number of alkyl halides is 3. The Balaban J connectivity index is 1.78. The molecule has 2 bridgehead atoms. The van der Waals surface area contributed by atoms with E-state index in [0.29, 0.717) is 6.42 Å². The van der Waals surface area contributed by atoms with E-state index in [0.717, 1.165) is 18.6 Å². The fraction of sp³-hybridized carbons (Fsp3) is 0.588. The van der Waals surface area contributed by atoms with Gasteiger partial charge in [-0.15, -0.1) is 10.8 Å². The van der Waals surface area contributed by atoms with Gasteiger partial charge in [-0.05, 0) is 44.9 Å². The van der Waals surface area contributed by atoms with Crippen LogP contribution in [0.3, 0.4) is 0 Å². The first-order chi connectivity index (χ1) is 11.9. The molecule has 5 nitrogen and oxygen atoms in total. The summed E-state index contributed by atoms with van der Waals surface area (Å²) in [6, 6.07) is 4.80. The van der Waals surface area contributed by atoms with Gasteiger partial charge in [-0.1, -0.05) is 0 Å². The molecule has 3 saturated heterocycles. The molecule has 0 radical (unpaired) electrons. The van der Waals surface area contributed by atoms with E-state index in [1.807, 2.05) is 13.8 Å². The van der Waals surface area contributed by atoms with Gasteiger partial charge in [-0.2, -0.15) is 18.4 Å². The Morgan fingerprint density at radius 3 is 2.50 bits per heavy atom. The third-order valence-corrected chi connectivity index (χ3v) is 8.60. The topological polar surface area (TPSA) is 76.7 Å². The van der Waals surface area contributed by atoms with Crippen molar-refractivity contribution < 1.29 is 27.0 Å². The molecule has 4 rings (SSSR count). The van der Waals surface area contributed by atoms with Gasteiger partial charge in [0.2, 0.25) is 0 Å². The fourth-order valence-corrected chi connectivity index (χ4v) is 7.61. The molecule has 9 heteroatoms. The van der Waals surface area contributed by atoms with Crippen molar-refractivity contribution in [2.45, 2.75) is 49.3 Å². The Hall–Kier alpha value is -1.47. The highest BCUT2D eigenvalue weighted by Gasteiger charge is 2.71. The number of hydrogen-bond acceptors (Lipinski definition) is 5. The van der Waals surface area contributed by atoms with Crippen molar-refractivity contribution in [1.82, 2.24) is 0 Å². The van der Waals surface area contributed by atoms with Crippen LogP contribution >= 0.6 is 10.8 Å². The second-order valence-electron chi connectivity index (χ2n) is 7.72. The fourth-order valence-electron chi connectivity index (χ4n) is 4.89. The van der Waals surface area contributed by atoms with E-state index in [9.17, 15) is 22.3 Å². The van der Waals surface area contributed by atoms with Crippen molar-refractivity contribution >= 4 is 16.5 Å². The van der Waals surface area contributed by atoms with Crippen molar-refractivity contribution in [3.8, 4) is 6.07 Å². The summed E-state index contributed by atoms with van der Waals surface area (Å²) in [5, 5.41) is 8.40. The molecule has 4 atom stereocenters. The molecule has 3 heterocycles.